The summed E-state index contributed by atoms with van der Waals surface area (Å²) < 4.78 is 2.36. The van der Waals surface area contributed by atoms with Gasteiger partial charge < -0.3 is 24.8 Å². The van der Waals surface area contributed by atoms with E-state index in [1.54, 1.807) is 14.8 Å². The zero-order chi connectivity index (χ0) is 15.9. The van der Waals surface area contributed by atoms with Gasteiger partial charge in [-0.2, -0.15) is 0 Å². The van der Waals surface area contributed by atoms with Crippen LogP contribution in [0.25, 0.3) is 22.2 Å². The Kier molecular flexibility index (Phi) is 6.34. The molecule has 2 aromatic carbocycles. The van der Waals surface area contributed by atoms with E-state index in [2.05, 4.69) is 84.4 Å². The Morgan fingerprint density at radius 2 is 1.58 bits per heavy atom. The topological polar surface area (TPSA) is 0 Å². The van der Waals surface area contributed by atoms with Gasteiger partial charge in [0.05, 0.1) is 0 Å². The van der Waals surface area contributed by atoms with Crippen LogP contribution < -0.4 is 24.8 Å². The molecule has 1 atom stereocenters. The van der Waals surface area contributed by atoms with Crippen molar-refractivity contribution in [2.75, 3.05) is 0 Å². The maximum absolute atomic E-state index is 2.52. The van der Waals surface area contributed by atoms with E-state index < -0.39 is 0 Å². The molecule has 0 aliphatic heterocycles. The van der Waals surface area contributed by atoms with E-state index in [1.165, 1.54) is 22.8 Å². The molecule has 1 unspecified atom stereocenters. The van der Waals surface area contributed by atoms with Crippen LogP contribution in [0.1, 0.15) is 21.8 Å². The van der Waals surface area contributed by atoms with Crippen LogP contribution in [-0.4, -0.2) is 0 Å². The van der Waals surface area contributed by atoms with Gasteiger partial charge in [0, 0.05) is 0 Å². The number of hydrogen-bond donors (Lipinski definition) is 0. The van der Waals surface area contributed by atoms with Crippen LogP contribution in [0.2, 0.25) is 0 Å². The fourth-order valence-corrected chi connectivity index (χ4v) is 9.05. The Balaban J connectivity index is 0.000000980. The minimum absolute atomic E-state index is 0. The van der Waals surface area contributed by atoms with Crippen LogP contribution in [0.3, 0.4) is 0 Å². The summed E-state index contributed by atoms with van der Waals surface area (Å²) in [5.41, 5.74) is 3.02. The molecule has 1 aromatic heterocycles. The Hall–Kier alpha value is -1.01. The van der Waals surface area contributed by atoms with Crippen molar-refractivity contribution in [3.05, 3.63) is 93.4 Å². The average molecular weight is 431 g/mol. The first-order valence-electron chi connectivity index (χ1n) is 8.38. The van der Waals surface area contributed by atoms with Crippen LogP contribution in [0.5, 0.6) is 0 Å². The van der Waals surface area contributed by atoms with Gasteiger partial charge in [-0.1, -0.05) is 0 Å². The number of halogens is 2. The van der Waals surface area contributed by atoms with Gasteiger partial charge in [0.2, 0.25) is 0 Å². The van der Waals surface area contributed by atoms with E-state index >= 15 is 0 Å². The van der Waals surface area contributed by atoms with E-state index in [9.17, 15) is 0 Å². The maximum atomic E-state index is 2.52. The van der Waals surface area contributed by atoms with Gasteiger partial charge in [-0.25, -0.2) is 0 Å². The summed E-state index contributed by atoms with van der Waals surface area (Å²) in [7, 11) is -0.284. The van der Waals surface area contributed by atoms with Crippen LogP contribution in [0.4, 0.5) is 0 Å². The van der Waals surface area contributed by atoms with Gasteiger partial charge in [-0.3, -0.25) is 0 Å². The normalized spacial score (nSPS) is 17.0. The minimum atomic E-state index is -0.284. The van der Waals surface area contributed by atoms with Gasteiger partial charge in [-0.05, 0) is 0 Å². The van der Waals surface area contributed by atoms with Crippen molar-refractivity contribution in [2.24, 2.45) is 0 Å². The molecule has 2 aliphatic carbocycles. The molecular weight excluding hydrogens is 414 g/mol. The van der Waals surface area contributed by atoms with Gasteiger partial charge in [0.1, 0.15) is 0 Å². The summed E-state index contributed by atoms with van der Waals surface area (Å²) in [6, 6.07) is 17.9. The first kappa shape index (κ1) is 19.7. The van der Waals surface area contributed by atoms with Crippen molar-refractivity contribution in [1.82, 2.24) is 0 Å². The van der Waals surface area contributed by atoms with Crippen LogP contribution in [0, 0.1) is 0 Å². The van der Waals surface area contributed by atoms with Crippen molar-refractivity contribution in [2.45, 2.75) is 10.6 Å². The predicted octanol–water partition coefficient (Wildman–Crippen LogP) is 0.814. The first-order valence-corrected chi connectivity index (χ1v) is 11.5. The fourth-order valence-electron chi connectivity index (χ4n) is 3.65. The van der Waals surface area contributed by atoms with Crippen molar-refractivity contribution in [1.29, 1.82) is 0 Å². The third-order valence-electron chi connectivity index (χ3n) is 4.86. The zero-order valence-corrected chi connectivity index (χ0v) is 18.0. The van der Waals surface area contributed by atoms with Crippen LogP contribution in [-0.2, 0) is 19.2 Å². The summed E-state index contributed by atoms with van der Waals surface area (Å²) in [5.74, 6) is 5.03. The third kappa shape index (κ3) is 3.55. The number of benzene rings is 2. The molecule has 0 saturated heterocycles. The smallest absolute Gasteiger partial charge is 1.00 e. The second-order valence-electron chi connectivity index (χ2n) is 6.39. The number of fused-ring (bicyclic) bond motifs is 2. The number of rotatable bonds is 3. The van der Waals surface area contributed by atoms with Gasteiger partial charge >= 0.3 is 153 Å². The third-order valence-corrected chi connectivity index (χ3v) is 9.91. The SMILES string of the molecule is C1=CC[C]([Ti+2][CH]2C(p3cc4ccccc4c3)=Cc3ccccc32)=C1.[Cl-].[Cl-]. The molecule has 0 fully saturated rings. The molecule has 0 bridgehead atoms. The second kappa shape index (κ2) is 8.34. The standard InChI is InChI=1S/C17H12P.C5H5.2ClH.Ti/c1-2-6-14-10-17(9-13(14)5-1)18-11-15-7-3-4-8-16(15)12-18;1-2-4-5-3-1;;;/h1-12H;1-3H,4H2;2*1H;/q;;;;+2/p-2. The van der Waals surface area contributed by atoms with E-state index in [0.717, 1.165) is 0 Å². The molecule has 0 saturated carbocycles. The second-order valence-corrected chi connectivity index (χ2v) is 10.6. The molecule has 4 heteroatoms. The summed E-state index contributed by atoms with van der Waals surface area (Å²) in [5, 5.41) is 4.51. The van der Waals surface area contributed by atoms with Crippen molar-refractivity contribution in [3.63, 3.8) is 0 Å². The Bertz CT molecular complexity index is 996. The molecule has 5 rings (SSSR count). The van der Waals surface area contributed by atoms with E-state index in [-0.39, 0.29) is 51.5 Å². The van der Waals surface area contributed by atoms with Gasteiger partial charge in [-0.15, -0.1) is 0 Å². The number of allylic oxidation sites excluding steroid dienone is 5. The molecule has 128 valence electrons. The van der Waals surface area contributed by atoms with E-state index in [0.29, 0.717) is 4.22 Å². The first-order chi connectivity index (χ1) is 11.9. The molecule has 0 nitrogen and oxygen atoms in total. The fraction of sp³-hybridized carbons (Fsp3) is 0.0909. The summed E-state index contributed by atoms with van der Waals surface area (Å²) >= 11 is -0.158. The quantitative estimate of drug-likeness (QED) is 0.539. The largest absolute Gasteiger partial charge is 1.00 e. The van der Waals surface area contributed by atoms with Gasteiger partial charge in [0.15, 0.2) is 0 Å². The Morgan fingerprint density at radius 1 is 0.885 bits per heavy atom. The molecule has 0 N–H and O–H groups in total. The molecule has 3 aromatic rings. The molecular formula is C22H17Cl2PTi. The van der Waals surface area contributed by atoms with Crippen LogP contribution in [0.15, 0.2) is 82.2 Å². The minimum Gasteiger partial charge on any atom is -1.00 e. The maximum Gasteiger partial charge on any atom is -1.00 e. The van der Waals surface area contributed by atoms with E-state index in [1.807, 2.05) is 0 Å². The monoisotopic (exact) mass is 430 g/mol. The number of hydrogen-bond acceptors (Lipinski definition) is 0. The zero-order valence-electron chi connectivity index (χ0n) is 14.1. The van der Waals surface area contributed by atoms with E-state index in [4.69, 9.17) is 0 Å². The average Bonchev–Trinajstić information content (AvgIpc) is 3.33. The summed E-state index contributed by atoms with van der Waals surface area (Å²) in [6.45, 7) is 0. The van der Waals surface area contributed by atoms with Crippen molar-refractivity contribution >= 4 is 29.7 Å². The Morgan fingerprint density at radius 3 is 2.27 bits per heavy atom. The summed E-state index contributed by atoms with van der Waals surface area (Å²) in [6.07, 6.45) is 10.6. The molecule has 0 radical (unpaired) electrons. The summed E-state index contributed by atoms with van der Waals surface area (Å²) in [4.78, 5) is 0. The molecule has 1 heterocycles. The predicted molar refractivity (Wildman–Crippen MR) is 102 cm³/mol. The molecule has 26 heavy (non-hydrogen) atoms. The molecule has 0 amide bonds. The molecule has 2 aliphatic rings. The van der Waals surface area contributed by atoms with Crippen molar-refractivity contribution < 1.29 is 44.0 Å². The van der Waals surface area contributed by atoms with Crippen molar-refractivity contribution in [3.8, 4) is 0 Å². The Labute approximate surface area is 176 Å². The molecule has 0 spiro atoms. The van der Waals surface area contributed by atoms with Gasteiger partial charge in [0.25, 0.3) is 0 Å². The van der Waals surface area contributed by atoms with Crippen LogP contribution >= 0.6 is 7.53 Å².